The second kappa shape index (κ2) is 6.41. The van der Waals surface area contributed by atoms with Crippen molar-refractivity contribution in [3.63, 3.8) is 0 Å². The van der Waals surface area contributed by atoms with E-state index in [-0.39, 0.29) is 17.6 Å². The van der Waals surface area contributed by atoms with Crippen LogP contribution in [0.5, 0.6) is 0 Å². The third kappa shape index (κ3) is 6.39. The zero-order chi connectivity index (χ0) is 11.2. The van der Waals surface area contributed by atoms with Gasteiger partial charge in [0.2, 0.25) is 0 Å². The Balaban J connectivity index is 3.72. The molecule has 0 aromatic heterocycles. The van der Waals surface area contributed by atoms with Gasteiger partial charge >= 0.3 is 0 Å². The fourth-order valence-electron chi connectivity index (χ4n) is 1.10. The van der Waals surface area contributed by atoms with Crippen molar-refractivity contribution in [2.45, 2.75) is 52.6 Å². The molecule has 1 unspecified atom stereocenters. The quantitative estimate of drug-likeness (QED) is 0.552. The van der Waals surface area contributed by atoms with E-state index < -0.39 is 6.10 Å². The molecule has 0 aromatic carbocycles. The lowest BCUT2D eigenvalue weighted by atomic mass is 9.87. The van der Waals surface area contributed by atoms with Crippen LogP contribution >= 0.6 is 11.6 Å². The van der Waals surface area contributed by atoms with Crippen molar-refractivity contribution >= 4 is 17.4 Å². The third-order valence-corrected chi connectivity index (χ3v) is 2.45. The molecule has 0 spiro atoms. The summed E-state index contributed by atoms with van der Waals surface area (Å²) in [5, 5.41) is 9.55. The zero-order valence-corrected chi connectivity index (χ0v) is 10.1. The summed E-state index contributed by atoms with van der Waals surface area (Å²) in [6, 6.07) is 0. The number of hydrogen-bond acceptors (Lipinski definition) is 2. The van der Waals surface area contributed by atoms with Gasteiger partial charge in [-0.1, -0.05) is 20.8 Å². The molecule has 0 aliphatic heterocycles. The molecule has 0 amide bonds. The number of alkyl halides is 1. The first kappa shape index (κ1) is 13.9. The Hall–Kier alpha value is -0.0800. The van der Waals surface area contributed by atoms with E-state index in [2.05, 4.69) is 0 Å². The Morgan fingerprint density at radius 2 is 1.93 bits per heavy atom. The molecule has 0 heterocycles. The maximum atomic E-state index is 11.5. The number of aliphatic hydroxyl groups excluding tert-OH is 1. The SMILES string of the molecule is CC(C)(C)C(=O)CC(O)CCCCCl. The van der Waals surface area contributed by atoms with E-state index in [0.717, 1.165) is 12.8 Å². The highest BCUT2D eigenvalue weighted by Gasteiger charge is 2.23. The molecule has 0 radical (unpaired) electrons. The molecule has 14 heavy (non-hydrogen) atoms. The van der Waals surface area contributed by atoms with Crippen molar-refractivity contribution in [3.8, 4) is 0 Å². The van der Waals surface area contributed by atoms with Crippen LogP contribution in [0.3, 0.4) is 0 Å². The first-order valence-corrected chi connectivity index (χ1v) is 5.68. The predicted octanol–water partition coefficient (Wildman–Crippen LogP) is 2.76. The lowest BCUT2D eigenvalue weighted by molar-refractivity contribution is -0.128. The number of ketones is 1. The van der Waals surface area contributed by atoms with Crippen molar-refractivity contribution < 1.29 is 9.90 Å². The monoisotopic (exact) mass is 220 g/mol. The molecule has 0 aromatic rings. The largest absolute Gasteiger partial charge is 0.393 e. The van der Waals surface area contributed by atoms with Crippen molar-refractivity contribution in [2.24, 2.45) is 5.41 Å². The minimum absolute atomic E-state index is 0.121. The molecule has 0 rings (SSSR count). The molecule has 2 nitrogen and oxygen atoms in total. The Kier molecular flexibility index (Phi) is 6.38. The van der Waals surface area contributed by atoms with E-state index in [1.54, 1.807) is 0 Å². The summed E-state index contributed by atoms with van der Waals surface area (Å²) in [5.41, 5.74) is -0.340. The number of carbonyl (C=O) groups excluding carboxylic acids is 1. The Bertz CT molecular complexity index is 173. The summed E-state index contributed by atoms with van der Waals surface area (Å²) < 4.78 is 0. The van der Waals surface area contributed by atoms with Crippen LogP contribution in [0.15, 0.2) is 0 Å². The Labute approximate surface area is 91.6 Å². The molecule has 1 atom stereocenters. The highest BCUT2D eigenvalue weighted by Crippen LogP contribution is 2.19. The van der Waals surface area contributed by atoms with E-state index in [1.165, 1.54) is 0 Å². The van der Waals surface area contributed by atoms with Crippen LogP contribution in [0.4, 0.5) is 0 Å². The van der Waals surface area contributed by atoms with Crippen LogP contribution in [0.2, 0.25) is 0 Å². The van der Waals surface area contributed by atoms with E-state index >= 15 is 0 Å². The average Bonchev–Trinajstić information content (AvgIpc) is 2.03. The van der Waals surface area contributed by atoms with Crippen LogP contribution in [-0.4, -0.2) is 22.9 Å². The Morgan fingerprint density at radius 1 is 1.36 bits per heavy atom. The molecule has 0 fully saturated rings. The molecular weight excluding hydrogens is 200 g/mol. The number of aliphatic hydroxyl groups is 1. The van der Waals surface area contributed by atoms with Crippen molar-refractivity contribution in [2.75, 3.05) is 5.88 Å². The lowest BCUT2D eigenvalue weighted by Crippen LogP contribution is -2.25. The van der Waals surface area contributed by atoms with Crippen LogP contribution in [0.1, 0.15) is 46.5 Å². The molecule has 0 aliphatic carbocycles. The normalized spacial score (nSPS) is 14.1. The van der Waals surface area contributed by atoms with Crippen LogP contribution in [0.25, 0.3) is 0 Å². The molecule has 0 bridgehead atoms. The van der Waals surface area contributed by atoms with Gasteiger partial charge in [0.1, 0.15) is 5.78 Å². The highest BCUT2D eigenvalue weighted by atomic mass is 35.5. The van der Waals surface area contributed by atoms with Crippen LogP contribution in [0, 0.1) is 5.41 Å². The summed E-state index contributed by atoms with van der Waals surface area (Å²) in [6.07, 6.45) is 2.25. The van der Waals surface area contributed by atoms with Gasteiger partial charge in [-0.2, -0.15) is 0 Å². The van der Waals surface area contributed by atoms with E-state index in [9.17, 15) is 9.90 Å². The smallest absolute Gasteiger partial charge is 0.140 e. The number of hydrogen-bond donors (Lipinski definition) is 1. The molecule has 1 N–H and O–H groups in total. The maximum Gasteiger partial charge on any atom is 0.140 e. The number of halogens is 1. The zero-order valence-electron chi connectivity index (χ0n) is 9.35. The number of unbranched alkanes of at least 4 members (excludes halogenated alkanes) is 1. The maximum absolute atomic E-state index is 11.5. The highest BCUT2D eigenvalue weighted by molar-refractivity contribution is 6.17. The van der Waals surface area contributed by atoms with Crippen LogP contribution in [-0.2, 0) is 4.79 Å². The van der Waals surface area contributed by atoms with Gasteiger partial charge in [-0.25, -0.2) is 0 Å². The fraction of sp³-hybridized carbons (Fsp3) is 0.909. The molecule has 0 saturated heterocycles. The molecule has 3 heteroatoms. The topological polar surface area (TPSA) is 37.3 Å². The summed E-state index contributed by atoms with van der Waals surface area (Å²) in [5.74, 6) is 0.746. The van der Waals surface area contributed by atoms with Gasteiger partial charge in [-0.3, -0.25) is 4.79 Å². The van der Waals surface area contributed by atoms with Crippen LogP contribution < -0.4 is 0 Å². The second-order valence-electron chi connectivity index (χ2n) is 4.72. The summed E-state index contributed by atoms with van der Waals surface area (Å²) in [7, 11) is 0. The van der Waals surface area contributed by atoms with Gasteiger partial charge in [0.25, 0.3) is 0 Å². The van der Waals surface area contributed by atoms with E-state index in [1.807, 2.05) is 20.8 Å². The molecule has 0 saturated carbocycles. The molecular formula is C11H21ClO2. The minimum atomic E-state index is -0.495. The lowest BCUT2D eigenvalue weighted by Gasteiger charge is -2.18. The average molecular weight is 221 g/mol. The summed E-state index contributed by atoms with van der Waals surface area (Å²) in [4.78, 5) is 11.5. The van der Waals surface area contributed by atoms with E-state index in [4.69, 9.17) is 11.6 Å². The van der Waals surface area contributed by atoms with Gasteiger partial charge in [0.15, 0.2) is 0 Å². The second-order valence-corrected chi connectivity index (χ2v) is 5.09. The molecule has 0 aliphatic rings. The first-order valence-electron chi connectivity index (χ1n) is 5.15. The van der Waals surface area contributed by atoms with Crippen molar-refractivity contribution in [3.05, 3.63) is 0 Å². The van der Waals surface area contributed by atoms with Gasteiger partial charge in [0, 0.05) is 17.7 Å². The van der Waals surface area contributed by atoms with Gasteiger partial charge in [0.05, 0.1) is 6.10 Å². The van der Waals surface area contributed by atoms with Gasteiger partial charge < -0.3 is 5.11 Å². The molecule has 84 valence electrons. The van der Waals surface area contributed by atoms with E-state index in [0.29, 0.717) is 12.3 Å². The van der Waals surface area contributed by atoms with Crippen molar-refractivity contribution in [1.82, 2.24) is 0 Å². The first-order chi connectivity index (χ1) is 6.38. The van der Waals surface area contributed by atoms with Gasteiger partial charge in [-0.05, 0) is 19.3 Å². The predicted molar refractivity (Wildman–Crippen MR) is 59.7 cm³/mol. The fourth-order valence-corrected chi connectivity index (χ4v) is 1.29. The summed E-state index contributed by atoms with van der Waals surface area (Å²) >= 11 is 5.51. The number of carbonyl (C=O) groups is 1. The Morgan fingerprint density at radius 3 is 2.36 bits per heavy atom. The van der Waals surface area contributed by atoms with Crippen molar-refractivity contribution in [1.29, 1.82) is 0 Å². The standard InChI is InChI=1S/C11H21ClO2/c1-11(2,3)10(14)8-9(13)6-4-5-7-12/h9,13H,4-8H2,1-3H3. The number of Topliss-reactive ketones (excluding diaryl/α,β-unsaturated/α-hetero) is 1. The summed E-state index contributed by atoms with van der Waals surface area (Å²) in [6.45, 7) is 5.63. The van der Waals surface area contributed by atoms with Gasteiger partial charge in [-0.15, -0.1) is 11.6 Å². The third-order valence-electron chi connectivity index (χ3n) is 2.18. The number of rotatable bonds is 6. The minimum Gasteiger partial charge on any atom is -0.393 e.